The fraction of sp³-hybridized carbons (Fsp3) is 0.429. The van der Waals surface area contributed by atoms with Crippen molar-refractivity contribution in [2.45, 2.75) is 25.8 Å². The molecule has 1 unspecified atom stereocenters. The topological polar surface area (TPSA) is 59.6 Å². The Bertz CT molecular complexity index is 579. The molecule has 6 heteroatoms. The van der Waals surface area contributed by atoms with Gasteiger partial charge in [0, 0.05) is 18.9 Å². The predicted octanol–water partition coefficient (Wildman–Crippen LogP) is 1.40. The summed E-state index contributed by atoms with van der Waals surface area (Å²) in [5.74, 6) is 1.20. The Labute approximate surface area is 121 Å². The monoisotopic (exact) mass is 292 g/mol. The fourth-order valence-corrected chi connectivity index (χ4v) is 3.69. The minimum absolute atomic E-state index is 0.00300. The van der Waals surface area contributed by atoms with E-state index in [0.29, 0.717) is 24.2 Å². The lowest BCUT2D eigenvalue weighted by Gasteiger charge is -2.19. The van der Waals surface area contributed by atoms with E-state index in [9.17, 15) is 4.79 Å². The number of carbonyl (C=O) groups is 1. The number of anilines is 1. The van der Waals surface area contributed by atoms with Gasteiger partial charge in [-0.15, -0.1) is 11.3 Å². The zero-order chi connectivity index (χ0) is 13.9. The molecule has 5 nitrogen and oxygen atoms in total. The van der Waals surface area contributed by atoms with Crippen molar-refractivity contribution in [1.29, 1.82) is 0 Å². The molecule has 2 aromatic heterocycles. The first-order valence-corrected chi connectivity index (χ1v) is 7.71. The first-order valence-electron chi connectivity index (χ1n) is 6.83. The average molecular weight is 292 g/mol. The Morgan fingerprint density at radius 1 is 1.65 bits per heavy atom. The summed E-state index contributed by atoms with van der Waals surface area (Å²) >= 11 is 1.78. The van der Waals surface area contributed by atoms with Crippen molar-refractivity contribution < 1.29 is 14.2 Å². The van der Waals surface area contributed by atoms with Gasteiger partial charge in [0.05, 0.1) is 11.4 Å². The molecule has 20 heavy (non-hydrogen) atoms. The van der Waals surface area contributed by atoms with E-state index < -0.39 is 0 Å². The lowest BCUT2D eigenvalue weighted by atomic mass is 10.2. The Morgan fingerprint density at radius 3 is 3.25 bits per heavy atom. The number of rotatable bonds is 4. The second kappa shape index (κ2) is 5.76. The molecule has 1 aliphatic heterocycles. The smallest absolute Gasteiger partial charge is 0.280 e. The van der Waals surface area contributed by atoms with Gasteiger partial charge in [0.1, 0.15) is 11.8 Å². The first kappa shape index (κ1) is 13.3. The average Bonchev–Trinajstić information content (AvgIpc) is 3.10. The molecule has 2 N–H and O–H groups in total. The van der Waals surface area contributed by atoms with Crippen molar-refractivity contribution in [3.63, 3.8) is 0 Å². The predicted molar refractivity (Wildman–Crippen MR) is 76.9 cm³/mol. The lowest BCUT2D eigenvalue weighted by Crippen LogP contribution is -3.11. The van der Waals surface area contributed by atoms with E-state index in [1.54, 1.807) is 24.3 Å². The summed E-state index contributed by atoms with van der Waals surface area (Å²) in [4.78, 5) is 14.8. The Balaban J connectivity index is 1.60. The quantitative estimate of drug-likeness (QED) is 0.895. The third-order valence-corrected chi connectivity index (χ3v) is 4.64. The summed E-state index contributed by atoms with van der Waals surface area (Å²) in [6.45, 7) is 3.34. The number of hydrogen-bond acceptors (Lipinski definition) is 4. The minimum atomic E-state index is -0.00300. The lowest BCUT2D eigenvalue weighted by molar-refractivity contribution is -0.910. The number of aromatic nitrogens is 1. The van der Waals surface area contributed by atoms with Crippen LogP contribution in [0.5, 0.6) is 0 Å². The van der Waals surface area contributed by atoms with Gasteiger partial charge in [0.2, 0.25) is 0 Å². The van der Waals surface area contributed by atoms with Crippen LogP contribution in [-0.4, -0.2) is 24.2 Å². The van der Waals surface area contributed by atoms with Gasteiger partial charge in [-0.3, -0.25) is 4.79 Å². The van der Waals surface area contributed by atoms with Crippen LogP contribution in [0, 0.1) is 6.92 Å². The van der Waals surface area contributed by atoms with E-state index in [2.05, 4.69) is 28.0 Å². The second-order valence-electron chi connectivity index (χ2n) is 5.17. The van der Waals surface area contributed by atoms with Gasteiger partial charge < -0.3 is 14.7 Å². The van der Waals surface area contributed by atoms with E-state index in [4.69, 9.17) is 4.52 Å². The van der Waals surface area contributed by atoms with E-state index in [1.807, 2.05) is 0 Å². The van der Waals surface area contributed by atoms with E-state index in [1.165, 1.54) is 16.2 Å². The summed E-state index contributed by atoms with van der Waals surface area (Å²) in [5.41, 5.74) is 0. The molecular formula is C14H18N3O2S+. The van der Waals surface area contributed by atoms with Crippen LogP contribution in [0.15, 0.2) is 28.1 Å². The van der Waals surface area contributed by atoms with Crippen molar-refractivity contribution in [1.82, 2.24) is 5.16 Å². The summed E-state index contributed by atoms with van der Waals surface area (Å²) in [6, 6.07) is 6.43. The zero-order valence-electron chi connectivity index (χ0n) is 11.4. The Morgan fingerprint density at radius 2 is 2.55 bits per heavy atom. The number of quaternary nitrogens is 1. The second-order valence-corrected chi connectivity index (χ2v) is 6.15. The summed E-state index contributed by atoms with van der Waals surface area (Å²) in [7, 11) is 0. The van der Waals surface area contributed by atoms with E-state index >= 15 is 0 Å². The molecule has 0 spiro atoms. The number of nitrogens with zero attached hydrogens (tertiary/aromatic N) is 1. The zero-order valence-corrected chi connectivity index (χ0v) is 12.2. The van der Waals surface area contributed by atoms with Crippen LogP contribution in [0.1, 0.15) is 29.5 Å². The highest BCUT2D eigenvalue weighted by molar-refractivity contribution is 7.10. The molecule has 0 radical (unpaired) electrons. The van der Waals surface area contributed by atoms with Gasteiger partial charge in [0.15, 0.2) is 12.4 Å². The van der Waals surface area contributed by atoms with Crippen molar-refractivity contribution in [3.8, 4) is 0 Å². The number of carbonyl (C=O) groups excluding carboxylic acids is 1. The largest absolute Gasteiger partial charge is 0.360 e. The molecule has 2 aromatic rings. The molecule has 1 saturated heterocycles. The molecule has 2 atom stereocenters. The third-order valence-electron chi connectivity index (χ3n) is 3.65. The van der Waals surface area contributed by atoms with Crippen LogP contribution in [0.3, 0.4) is 0 Å². The van der Waals surface area contributed by atoms with Crippen LogP contribution >= 0.6 is 11.3 Å². The summed E-state index contributed by atoms with van der Waals surface area (Å²) in [5, 5.41) is 8.68. The van der Waals surface area contributed by atoms with Crippen LogP contribution in [0.25, 0.3) is 0 Å². The number of aryl methyl sites for hydroxylation is 1. The van der Waals surface area contributed by atoms with Crippen LogP contribution in [0.2, 0.25) is 0 Å². The fourth-order valence-electron chi connectivity index (χ4n) is 2.77. The van der Waals surface area contributed by atoms with Crippen LogP contribution in [0.4, 0.5) is 5.82 Å². The molecule has 0 bridgehead atoms. The van der Waals surface area contributed by atoms with E-state index in [0.717, 1.165) is 13.0 Å². The highest BCUT2D eigenvalue weighted by atomic mass is 32.1. The molecule has 0 aromatic carbocycles. The van der Waals surface area contributed by atoms with Crippen molar-refractivity contribution in [2.24, 2.45) is 0 Å². The third kappa shape index (κ3) is 2.91. The molecule has 0 aliphatic carbocycles. The molecule has 1 fully saturated rings. The Kier molecular flexibility index (Phi) is 3.84. The molecule has 3 rings (SSSR count). The number of hydrogen-bond donors (Lipinski definition) is 2. The molecule has 3 heterocycles. The number of amides is 1. The highest BCUT2D eigenvalue weighted by Crippen LogP contribution is 2.23. The maximum absolute atomic E-state index is 12.1. The van der Waals surface area contributed by atoms with E-state index in [-0.39, 0.29) is 5.91 Å². The normalized spacial score (nSPS) is 22.1. The summed E-state index contributed by atoms with van der Waals surface area (Å²) < 4.78 is 4.95. The van der Waals surface area contributed by atoms with Gasteiger partial charge >= 0.3 is 0 Å². The Hall–Kier alpha value is -1.66. The van der Waals surface area contributed by atoms with Gasteiger partial charge in [-0.1, -0.05) is 11.2 Å². The molecule has 0 saturated carbocycles. The van der Waals surface area contributed by atoms with Crippen LogP contribution < -0.4 is 10.2 Å². The number of likely N-dealkylation sites (tertiary alicyclic amines) is 1. The first-order chi connectivity index (χ1) is 9.72. The molecule has 106 valence electrons. The maximum atomic E-state index is 12.1. The number of thiophene rings is 1. The van der Waals surface area contributed by atoms with Gasteiger partial charge in [0.25, 0.3) is 5.91 Å². The molecular weight excluding hydrogens is 274 g/mol. The van der Waals surface area contributed by atoms with Gasteiger partial charge in [-0.05, 0) is 18.4 Å². The molecule has 1 aliphatic rings. The van der Waals surface area contributed by atoms with Gasteiger partial charge in [-0.2, -0.15) is 0 Å². The molecule has 1 amide bonds. The summed E-state index contributed by atoms with van der Waals surface area (Å²) in [6.07, 6.45) is 2.33. The van der Waals surface area contributed by atoms with Crippen LogP contribution in [-0.2, 0) is 4.79 Å². The number of nitrogens with one attached hydrogen (secondary N) is 2. The highest BCUT2D eigenvalue weighted by Gasteiger charge is 2.32. The standard InChI is InChI=1S/C14H17N3O2S/c1-10-8-13(16-19-10)15-14(18)9-17-6-2-4-11(17)12-5-3-7-20-12/h3,5,7-8,11H,2,4,6,9H2,1H3,(H,15,16,18)/p+1/t11-/m1/s1. The van der Waals surface area contributed by atoms with Gasteiger partial charge in [-0.25, -0.2) is 0 Å². The minimum Gasteiger partial charge on any atom is -0.360 e. The SMILES string of the molecule is Cc1cc(NC(=O)C[NH+]2CCC[C@@H]2c2cccs2)no1. The van der Waals surface area contributed by atoms with Crippen molar-refractivity contribution in [2.75, 3.05) is 18.4 Å². The van der Waals surface area contributed by atoms with Crippen molar-refractivity contribution >= 4 is 23.1 Å². The maximum Gasteiger partial charge on any atom is 0.280 e. The van der Waals surface area contributed by atoms with Crippen molar-refractivity contribution in [3.05, 3.63) is 34.2 Å².